The van der Waals surface area contributed by atoms with Gasteiger partial charge in [-0.05, 0) is 11.6 Å². The number of benzene rings is 1. The molecule has 0 atom stereocenters. The summed E-state index contributed by atoms with van der Waals surface area (Å²) in [7, 11) is 3.89. The second kappa shape index (κ2) is 5.14. The van der Waals surface area contributed by atoms with Crippen molar-refractivity contribution in [3.63, 3.8) is 0 Å². The highest BCUT2D eigenvalue weighted by atomic mass is 16.3. The molecule has 2 rings (SSSR count). The Hall–Kier alpha value is -1.94. The lowest BCUT2D eigenvalue weighted by Crippen LogP contribution is -2.24. The van der Waals surface area contributed by atoms with Crippen LogP contribution in [0.25, 0.3) is 11.1 Å². The lowest BCUT2D eigenvalue weighted by molar-refractivity contribution is 0.303. The van der Waals surface area contributed by atoms with Crippen LogP contribution < -0.4 is 10.6 Å². The number of likely N-dealkylation sites (N-methyl/N-ethyl adjacent to an activating group) is 1. The second-order valence-corrected chi connectivity index (χ2v) is 4.38. The zero-order valence-electron chi connectivity index (χ0n) is 10.8. The molecular weight excluding hydrogens is 226 g/mol. The minimum atomic E-state index is 0.121. The van der Waals surface area contributed by atoms with Gasteiger partial charge in [-0.15, -0.1) is 0 Å². The first-order chi connectivity index (χ1) is 8.65. The normalized spacial score (nSPS) is 10.6. The van der Waals surface area contributed by atoms with Crippen LogP contribution in [0.1, 0.15) is 0 Å². The van der Waals surface area contributed by atoms with Crippen LogP contribution in [0.3, 0.4) is 0 Å². The number of aliphatic hydroxyl groups is 1. The van der Waals surface area contributed by atoms with Gasteiger partial charge in [-0.25, -0.2) is 0 Å². The molecule has 0 unspecified atom stereocenters. The molecule has 0 aliphatic rings. The van der Waals surface area contributed by atoms with E-state index in [2.05, 4.69) is 12.1 Å². The molecule has 0 saturated carbocycles. The molecule has 0 aliphatic carbocycles. The molecule has 4 heteroatoms. The van der Waals surface area contributed by atoms with Crippen LogP contribution in [0.5, 0.6) is 0 Å². The van der Waals surface area contributed by atoms with Gasteiger partial charge in [0, 0.05) is 26.2 Å². The third-order valence-corrected chi connectivity index (χ3v) is 3.12. The van der Waals surface area contributed by atoms with E-state index in [9.17, 15) is 0 Å². The first-order valence-electron chi connectivity index (χ1n) is 5.97. The van der Waals surface area contributed by atoms with Crippen molar-refractivity contribution in [3.05, 3.63) is 36.4 Å². The summed E-state index contributed by atoms with van der Waals surface area (Å²) in [6.07, 6.45) is 0. The highest BCUT2D eigenvalue weighted by molar-refractivity contribution is 5.80. The fraction of sp³-hybridized carbons (Fsp3) is 0.286. The lowest BCUT2D eigenvalue weighted by atomic mass is 10.1. The maximum absolute atomic E-state index is 9.07. The Balaban J connectivity index is 2.51. The molecule has 4 nitrogen and oxygen atoms in total. The molecule has 0 fully saturated rings. The van der Waals surface area contributed by atoms with Crippen molar-refractivity contribution >= 4 is 11.6 Å². The summed E-state index contributed by atoms with van der Waals surface area (Å²) in [6.45, 7) is 0.701. The van der Waals surface area contributed by atoms with Crippen molar-refractivity contribution in [2.75, 3.05) is 30.8 Å². The van der Waals surface area contributed by atoms with Crippen LogP contribution in [0.2, 0.25) is 0 Å². The number of aliphatic hydroxyl groups excluding tert-OH is 1. The Morgan fingerprint density at radius 2 is 1.94 bits per heavy atom. The van der Waals surface area contributed by atoms with Crippen molar-refractivity contribution in [3.8, 4) is 11.1 Å². The Morgan fingerprint density at radius 3 is 2.56 bits per heavy atom. The van der Waals surface area contributed by atoms with E-state index >= 15 is 0 Å². The predicted octanol–water partition coefficient (Wildman–Crippen LogP) is 1.70. The number of nitrogen functional groups attached to an aromatic ring is 1. The number of rotatable bonds is 4. The average molecular weight is 245 g/mol. The topological polar surface area (TPSA) is 54.4 Å². The molecule has 0 radical (unpaired) electrons. The standard InChI is InChI=1S/C14H19N3O/c1-16(8-9-18)14-12(10-13(15)17(14)2)11-6-4-3-5-7-11/h3-7,10,18H,8-9,15H2,1-2H3. The van der Waals surface area contributed by atoms with Gasteiger partial charge >= 0.3 is 0 Å². The van der Waals surface area contributed by atoms with Gasteiger partial charge in [-0.2, -0.15) is 0 Å². The summed E-state index contributed by atoms with van der Waals surface area (Å²) in [5.41, 5.74) is 8.21. The molecule has 3 N–H and O–H groups in total. The zero-order chi connectivity index (χ0) is 13.1. The maximum atomic E-state index is 9.07. The number of hydrogen-bond donors (Lipinski definition) is 2. The largest absolute Gasteiger partial charge is 0.395 e. The maximum Gasteiger partial charge on any atom is 0.117 e. The lowest BCUT2D eigenvalue weighted by Gasteiger charge is -2.21. The van der Waals surface area contributed by atoms with Crippen molar-refractivity contribution < 1.29 is 5.11 Å². The SMILES string of the molecule is CN(CCO)c1c(-c2ccccc2)cc(N)n1C. The summed E-state index contributed by atoms with van der Waals surface area (Å²) in [6, 6.07) is 12.1. The molecule has 96 valence electrons. The summed E-state index contributed by atoms with van der Waals surface area (Å²) < 4.78 is 1.94. The van der Waals surface area contributed by atoms with E-state index in [4.69, 9.17) is 10.8 Å². The van der Waals surface area contributed by atoms with Crippen LogP contribution in [0.15, 0.2) is 36.4 Å². The van der Waals surface area contributed by atoms with E-state index in [0.29, 0.717) is 12.4 Å². The molecule has 0 amide bonds. The fourth-order valence-corrected chi connectivity index (χ4v) is 2.16. The number of nitrogens with zero attached hydrogens (tertiary/aromatic N) is 2. The first-order valence-corrected chi connectivity index (χ1v) is 5.97. The van der Waals surface area contributed by atoms with E-state index in [1.807, 2.05) is 47.8 Å². The van der Waals surface area contributed by atoms with Crippen LogP contribution in [0.4, 0.5) is 11.6 Å². The molecule has 1 aromatic heterocycles. The zero-order valence-corrected chi connectivity index (χ0v) is 10.8. The Labute approximate surface area is 107 Å². The van der Waals surface area contributed by atoms with Crippen LogP contribution in [-0.4, -0.2) is 29.9 Å². The molecule has 0 bridgehead atoms. The van der Waals surface area contributed by atoms with E-state index < -0.39 is 0 Å². The molecule has 0 saturated heterocycles. The summed E-state index contributed by atoms with van der Waals surface area (Å²) in [5.74, 6) is 1.74. The van der Waals surface area contributed by atoms with Crippen molar-refractivity contribution in [1.82, 2.24) is 4.57 Å². The quantitative estimate of drug-likeness (QED) is 0.862. The highest BCUT2D eigenvalue weighted by Crippen LogP contribution is 2.34. The molecular formula is C14H19N3O. The molecule has 1 heterocycles. The smallest absolute Gasteiger partial charge is 0.117 e. The van der Waals surface area contributed by atoms with Crippen molar-refractivity contribution in [2.45, 2.75) is 0 Å². The third-order valence-electron chi connectivity index (χ3n) is 3.12. The molecule has 18 heavy (non-hydrogen) atoms. The summed E-state index contributed by atoms with van der Waals surface area (Å²) in [4.78, 5) is 2.01. The first kappa shape index (κ1) is 12.5. The number of nitrogens with two attached hydrogens (primary N) is 1. The van der Waals surface area contributed by atoms with Gasteiger partial charge in [-0.1, -0.05) is 30.3 Å². The fourth-order valence-electron chi connectivity index (χ4n) is 2.16. The second-order valence-electron chi connectivity index (χ2n) is 4.38. The minimum absolute atomic E-state index is 0.121. The Kier molecular flexibility index (Phi) is 3.58. The number of hydrogen-bond acceptors (Lipinski definition) is 3. The number of aromatic nitrogens is 1. The number of anilines is 2. The summed E-state index contributed by atoms with van der Waals surface area (Å²) in [5, 5.41) is 9.07. The van der Waals surface area contributed by atoms with E-state index in [0.717, 1.165) is 16.9 Å². The minimum Gasteiger partial charge on any atom is -0.395 e. The van der Waals surface area contributed by atoms with Gasteiger partial charge in [0.25, 0.3) is 0 Å². The van der Waals surface area contributed by atoms with Crippen molar-refractivity contribution in [2.24, 2.45) is 7.05 Å². The molecule has 1 aromatic carbocycles. The van der Waals surface area contributed by atoms with Gasteiger partial charge in [0.05, 0.1) is 6.61 Å². The predicted molar refractivity (Wildman–Crippen MR) is 75.6 cm³/mol. The van der Waals surface area contributed by atoms with E-state index in [-0.39, 0.29) is 6.61 Å². The molecule has 2 aromatic rings. The van der Waals surface area contributed by atoms with Crippen LogP contribution >= 0.6 is 0 Å². The van der Waals surface area contributed by atoms with Gasteiger partial charge in [0.1, 0.15) is 11.6 Å². The monoisotopic (exact) mass is 245 g/mol. The van der Waals surface area contributed by atoms with E-state index in [1.165, 1.54) is 0 Å². The highest BCUT2D eigenvalue weighted by Gasteiger charge is 2.15. The van der Waals surface area contributed by atoms with Gasteiger partial charge < -0.3 is 20.3 Å². The molecule has 0 aliphatic heterocycles. The van der Waals surface area contributed by atoms with Crippen LogP contribution in [0, 0.1) is 0 Å². The summed E-state index contributed by atoms with van der Waals surface area (Å²) >= 11 is 0. The average Bonchev–Trinajstić information content (AvgIpc) is 2.67. The van der Waals surface area contributed by atoms with E-state index in [1.54, 1.807) is 0 Å². The Bertz CT molecular complexity index is 519. The van der Waals surface area contributed by atoms with Gasteiger partial charge in [0.15, 0.2) is 0 Å². The van der Waals surface area contributed by atoms with Crippen LogP contribution in [-0.2, 0) is 7.05 Å². The third kappa shape index (κ3) is 2.19. The van der Waals surface area contributed by atoms with Gasteiger partial charge in [0.2, 0.25) is 0 Å². The Morgan fingerprint density at radius 1 is 1.28 bits per heavy atom. The van der Waals surface area contributed by atoms with Gasteiger partial charge in [-0.3, -0.25) is 0 Å². The molecule has 0 spiro atoms. The van der Waals surface area contributed by atoms with Crippen molar-refractivity contribution in [1.29, 1.82) is 0 Å².